The van der Waals surface area contributed by atoms with E-state index in [0.29, 0.717) is 46.2 Å². The summed E-state index contributed by atoms with van der Waals surface area (Å²) in [4.78, 5) is 10.6. The lowest BCUT2D eigenvalue weighted by molar-refractivity contribution is -0.139. The molecule has 184 valence electrons. The van der Waals surface area contributed by atoms with Gasteiger partial charge < -0.3 is 19.9 Å². The lowest BCUT2D eigenvalue weighted by Crippen LogP contribution is -2.30. The number of hydrogen-bond donors (Lipinski definition) is 2. The van der Waals surface area contributed by atoms with Gasteiger partial charge in [-0.3, -0.25) is 0 Å². The molecule has 10 heteroatoms. The number of aliphatic carboxylic acids is 1. The maximum absolute atomic E-state index is 13.5. The average Bonchev–Trinajstić information content (AvgIpc) is 3.09. The van der Waals surface area contributed by atoms with Gasteiger partial charge in [-0.15, -0.1) is 11.3 Å². The van der Waals surface area contributed by atoms with Crippen LogP contribution in [-0.4, -0.2) is 51.0 Å². The number of halogens is 1. The second kappa shape index (κ2) is 11.2. The first-order chi connectivity index (χ1) is 16.1. The molecule has 1 aromatic heterocycles. The summed E-state index contributed by atoms with van der Waals surface area (Å²) in [7, 11) is -3.46. The molecule has 1 unspecified atom stereocenters. The van der Waals surface area contributed by atoms with Crippen LogP contribution in [0.1, 0.15) is 24.5 Å². The minimum Gasteiger partial charge on any atom is -0.489 e. The van der Waals surface area contributed by atoms with E-state index in [9.17, 15) is 17.6 Å². The first-order valence-corrected chi connectivity index (χ1v) is 13.3. The van der Waals surface area contributed by atoms with E-state index in [1.807, 2.05) is 13.8 Å². The van der Waals surface area contributed by atoms with Gasteiger partial charge in [-0.2, -0.15) is 0 Å². The van der Waals surface area contributed by atoms with E-state index in [2.05, 4.69) is 5.32 Å². The number of carboxylic acids is 1. The number of hydrogen-bond acceptors (Lipinski definition) is 7. The fourth-order valence-electron chi connectivity index (χ4n) is 3.52. The van der Waals surface area contributed by atoms with Crippen LogP contribution in [-0.2, 0) is 14.6 Å². The molecule has 0 saturated carbocycles. The molecule has 34 heavy (non-hydrogen) atoms. The topological polar surface area (TPSA) is 102 Å². The van der Waals surface area contributed by atoms with E-state index >= 15 is 0 Å². The molecule has 3 aromatic rings. The highest BCUT2D eigenvalue weighted by Crippen LogP contribution is 2.35. The molecular formula is C24H28FNO6S2. The zero-order valence-corrected chi connectivity index (χ0v) is 20.9. The van der Waals surface area contributed by atoms with Crippen LogP contribution in [0.25, 0.3) is 10.1 Å². The van der Waals surface area contributed by atoms with Crippen molar-refractivity contribution in [2.45, 2.75) is 37.5 Å². The highest BCUT2D eigenvalue weighted by Gasteiger charge is 2.21. The maximum Gasteiger partial charge on any atom is 0.341 e. The average molecular weight is 510 g/mol. The van der Waals surface area contributed by atoms with E-state index in [1.54, 1.807) is 31.2 Å². The van der Waals surface area contributed by atoms with Crippen molar-refractivity contribution in [2.75, 3.05) is 25.4 Å². The summed E-state index contributed by atoms with van der Waals surface area (Å²) < 4.78 is 51.3. The molecule has 0 radical (unpaired) electrons. The van der Waals surface area contributed by atoms with E-state index in [0.717, 1.165) is 10.3 Å². The smallest absolute Gasteiger partial charge is 0.341 e. The van der Waals surface area contributed by atoms with Crippen molar-refractivity contribution in [1.29, 1.82) is 0 Å². The van der Waals surface area contributed by atoms with Crippen LogP contribution in [0.3, 0.4) is 0 Å². The van der Waals surface area contributed by atoms with Crippen molar-refractivity contribution in [3.8, 4) is 11.5 Å². The minimum absolute atomic E-state index is 0.00236. The molecule has 0 spiro atoms. The van der Waals surface area contributed by atoms with Crippen molar-refractivity contribution in [3.05, 3.63) is 53.3 Å². The van der Waals surface area contributed by atoms with Crippen molar-refractivity contribution < 1.29 is 32.2 Å². The fourth-order valence-corrected chi connectivity index (χ4v) is 6.76. The molecule has 2 N–H and O–H groups in total. The third kappa shape index (κ3) is 6.68. The molecule has 0 bridgehead atoms. The first kappa shape index (κ1) is 25.9. The van der Waals surface area contributed by atoms with Crippen LogP contribution < -0.4 is 14.8 Å². The molecular weight excluding hydrogens is 481 g/mol. The van der Waals surface area contributed by atoms with Gasteiger partial charge in [0.1, 0.15) is 27.6 Å². The number of aryl methyl sites for hydroxylation is 2. The van der Waals surface area contributed by atoms with Gasteiger partial charge in [0.15, 0.2) is 16.4 Å². The largest absolute Gasteiger partial charge is 0.489 e. The molecule has 0 aliphatic carbocycles. The molecule has 0 fully saturated rings. The quantitative estimate of drug-likeness (QED) is 0.350. The number of sulfone groups is 1. The number of rotatable bonds is 12. The van der Waals surface area contributed by atoms with Crippen LogP contribution >= 0.6 is 11.3 Å². The Balaban J connectivity index is 1.45. The van der Waals surface area contributed by atoms with E-state index in [1.165, 1.54) is 23.5 Å². The highest BCUT2D eigenvalue weighted by atomic mass is 32.2. The Hall–Kier alpha value is -2.69. The third-order valence-corrected chi connectivity index (χ3v) is 8.95. The summed E-state index contributed by atoms with van der Waals surface area (Å²) in [6, 6.07) is 9.49. The summed E-state index contributed by atoms with van der Waals surface area (Å²) in [6.45, 7) is 6.05. The SMILES string of the molecule is Cc1cc(OC(C)CNCCCS(=O)(=O)c2sc3ccc(F)cc3c2C)ccc1OCC(=O)O. The third-order valence-electron chi connectivity index (χ3n) is 5.17. The van der Waals surface area contributed by atoms with Gasteiger partial charge in [0.25, 0.3) is 0 Å². The Morgan fingerprint density at radius 3 is 2.68 bits per heavy atom. The lowest BCUT2D eigenvalue weighted by Gasteiger charge is -2.17. The molecule has 0 aliphatic rings. The second-order valence-corrected chi connectivity index (χ2v) is 11.4. The van der Waals surface area contributed by atoms with Crippen LogP contribution in [0.15, 0.2) is 40.6 Å². The predicted molar refractivity (Wildman–Crippen MR) is 130 cm³/mol. The van der Waals surface area contributed by atoms with Gasteiger partial charge >= 0.3 is 5.97 Å². The second-order valence-electron chi connectivity index (χ2n) is 8.07. The normalized spacial score (nSPS) is 12.6. The Labute approximate surface area is 202 Å². The number of carbonyl (C=O) groups is 1. The summed E-state index contributed by atoms with van der Waals surface area (Å²) in [6.07, 6.45) is 0.271. The van der Waals surface area contributed by atoms with E-state index < -0.39 is 22.4 Å². The number of nitrogens with one attached hydrogen (secondary N) is 1. The van der Waals surface area contributed by atoms with Gasteiger partial charge in [0.05, 0.1) is 5.75 Å². The van der Waals surface area contributed by atoms with Gasteiger partial charge in [-0.1, -0.05) is 0 Å². The van der Waals surface area contributed by atoms with E-state index in [4.69, 9.17) is 14.6 Å². The molecule has 0 aliphatic heterocycles. The number of thiophene rings is 1. The number of ether oxygens (including phenoxy) is 2. The number of fused-ring (bicyclic) bond motifs is 1. The van der Waals surface area contributed by atoms with Gasteiger partial charge in [-0.25, -0.2) is 17.6 Å². The summed E-state index contributed by atoms with van der Waals surface area (Å²) in [5, 5.41) is 12.6. The van der Waals surface area contributed by atoms with Crippen LogP contribution in [0, 0.1) is 19.7 Å². The van der Waals surface area contributed by atoms with Crippen molar-refractivity contribution in [3.63, 3.8) is 0 Å². The maximum atomic E-state index is 13.5. The molecule has 3 rings (SSSR count). The molecule has 0 amide bonds. The predicted octanol–water partition coefficient (Wildman–Crippen LogP) is 4.34. The Kier molecular flexibility index (Phi) is 8.51. The Bertz CT molecular complexity index is 1270. The van der Waals surface area contributed by atoms with Crippen LogP contribution in [0.2, 0.25) is 0 Å². The highest BCUT2D eigenvalue weighted by molar-refractivity contribution is 7.93. The standard InChI is InChI=1S/C24H28FNO6S2/c1-15-11-19(6-7-21(15)31-14-23(27)28)32-16(2)13-26-9-4-10-34(29,30)24-17(3)20-12-18(25)5-8-22(20)33-24/h5-8,11-12,16,26H,4,9-10,13-14H2,1-3H3,(H,27,28). The van der Waals surface area contributed by atoms with E-state index in [-0.39, 0.29) is 17.7 Å². The minimum atomic E-state index is -3.46. The van der Waals surface area contributed by atoms with Crippen LogP contribution in [0.4, 0.5) is 4.39 Å². The number of benzene rings is 2. The zero-order chi connectivity index (χ0) is 24.9. The molecule has 2 aromatic carbocycles. The van der Waals surface area contributed by atoms with Crippen molar-refractivity contribution in [1.82, 2.24) is 5.32 Å². The Morgan fingerprint density at radius 2 is 1.97 bits per heavy atom. The van der Waals surface area contributed by atoms with Gasteiger partial charge in [-0.05, 0) is 86.6 Å². The number of carboxylic acid groups (broad SMARTS) is 1. The van der Waals surface area contributed by atoms with Crippen LogP contribution in [0.5, 0.6) is 11.5 Å². The zero-order valence-electron chi connectivity index (χ0n) is 19.3. The fraction of sp³-hybridized carbons (Fsp3) is 0.375. The monoisotopic (exact) mass is 509 g/mol. The van der Waals surface area contributed by atoms with Crippen molar-refractivity contribution >= 4 is 37.2 Å². The molecule has 0 saturated heterocycles. The summed E-state index contributed by atoms with van der Waals surface area (Å²) >= 11 is 1.18. The summed E-state index contributed by atoms with van der Waals surface area (Å²) in [5.74, 6) is -0.297. The first-order valence-electron chi connectivity index (χ1n) is 10.8. The lowest BCUT2D eigenvalue weighted by atomic mass is 10.2. The van der Waals surface area contributed by atoms with Gasteiger partial charge in [0, 0.05) is 11.2 Å². The molecule has 1 atom stereocenters. The molecule has 1 heterocycles. The van der Waals surface area contributed by atoms with Gasteiger partial charge in [0.2, 0.25) is 0 Å². The molecule has 7 nitrogen and oxygen atoms in total. The van der Waals surface area contributed by atoms with Crippen molar-refractivity contribution in [2.24, 2.45) is 0 Å². The summed E-state index contributed by atoms with van der Waals surface area (Å²) in [5.41, 5.74) is 1.37. The Morgan fingerprint density at radius 1 is 1.21 bits per heavy atom.